The molecule has 0 unspecified atom stereocenters. The molecule has 1 saturated heterocycles. The van der Waals surface area contributed by atoms with E-state index in [1.807, 2.05) is 47.2 Å². The quantitative estimate of drug-likeness (QED) is 0.461. The number of hydrogen-bond acceptors (Lipinski definition) is 6. The highest BCUT2D eigenvalue weighted by atomic mass is 35.5. The van der Waals surface area contributed by atoms with Crippen molar-refractivity contribution in [2.75, 3.05) is 31.1 Å². The molecule has 1 aromatic carbocycles. The topological polar surface area (TPSA) is 58.8 Å². The van der Waals surface area contributed by atoms with Gasteiger partial charge in [-0.1, -0.05) is 23.7 Å². The van der Waals surface area contributed by atoms with Crippen molar-refractivity contribution in [1.29, 1.82) is 0 Å². The first-order valence-electron chi connectivity index (χ1n) is 10.3. The van der Waals surface area contributed by atoms with Crippen LogP contribution >= 0.6 is 11.6 Å². The van der Waals surface area contributed by atoms with Crippen LogP contribution in [0, 0.1) is 0 Å². The lowest BCUT2D eigenvalue weighted by atomic mass is 10.2. The molecule has 0 aliphatic carbocycles. The number of rotatable bonds is 6. The van der Waals surface area contributed by atoms with Crippen molar-refractivity contribution >= 4 is 22.9 Å². The van der Waals surface area contributed by atoms with E-state index in [2.05, 4.69) is 37.0 Å². The molecule has 1 aliphatic heterocycles. The molecule has 4 heterocycles. The first-order valence-corrected chi connectivity index (χ1v) is 10.7. The Kier molecular flexibility index (Phi) is 5.69. The molecule has 4 aromatic rings. The number of ether oxygens (including phenoxy) is 1. The van der Waals surface area contributed by atoms with Crippen LogP contribution in [0.5, 0.6) is 5.88 Å². The summed E-state index contributed by atoms with van der Waals surface area (Å²) in [6.45, 7) is 5.10. The van der Waals surface area contributed by atoms with Gasteiger partial charge in [0.2, 0.25) is 5.88 Å². The van der Waals surface area contributed by atoms with Gasteiger partial charge in [-0.25, -0.2) is 4.52 Å². The molecule has 0 spiro atoms. The third kappa shape index (κ3) is 4.78. The number of aromatic nitrogens is 4. The summed E-state index contributed by atoms with van der Waals surface area (Å²) in [6, 6.07) is 14.0. The maximum absolute atomic E-state index is 6.04. The van der Waals surface area contributed by atoms with Crippen LogP contribution in [-0.4, -0.2) is 50.7 Å². The van der Waals surface area contributed by atoms with E-state index in [9.17, 15) is 0 Å². The Morgan fingerprint density at radius 3 is 2.74 bits per heavy atom. The van der Waals surface area contributed by atoms with Gasteiger partial charge in [-0.3, -0.25) is 9.88 Å². The van der Waals surface area contributed by atoms with Crippen LogP contribution in [-0.2, 0) is 13.2 Å². The summed E-state index contributed by atoms with van der Waals surface area (Å²) in [5.74, 6) is 1.37. The number of halogens is 1. The molecule has 1 fully saturated rings. The number of nitrogens with zero attached hydrogens (tertiary/aromatic N) is 6. The number of anilines is 1. The van der Waals surface area contributed by atoms with E-state index in [1.165, 1.54) is 5.56 Å². The van der Waals surface area contributed by atoms with E-state index in [0.29, 0.717) is 17.5 Å². The molecule has 8 heteroatoms. The van der Waals surface area contributed by atoms with Gasteiger partial charge in [0.25, 0.3) is 0 Å². The summed E-state index contributed by atoms with van der Waals surface area (Å²) in [7, 11) is 0. The number of benzene rings is 1. The zero-order valence-corrected chi connectivity index (χ0v) is 17.8. The average Bonchev–Trinajstić information content (AvgIpc) is 3.26. The van der Waals surface area contributed by atoms with Crippen molar-refractivity contribution in [2.45, 2.75) is 13.2 Å². The van der Waals surface area contributed by atoms with Gasteiger partial charge in [0.1, 0.15) is 6.61 Å². The standard InChI is InChI=1S/C23H23ClN6O/c24-20-3-1-2-19(12-20)17-31-23-15-25-14-22(27-23)29-10-8-28(9-11-29)16-18-5-7-30-21(13-18)4-6-26-30/h1-7,12-15H,8-11,16-17H2. The fourth-order valence-electron chi connectivity index (χ4n) is 3.80. The molecule has 7 nitrogen and oxygen atoms in total. The van der Waals surface area contributed by atoms with Crippen LogP contribution in [0.15, 0.2) is 67.3 Å². The van der Waals surface area contributed by atoms with E-state index in [-0.39, 0.29) is 0 Å². The summed E-state index contributed by atoms with van der Waals surface area (Å²) in [6.07, 6.45) is 7.30. The van der Waals surface area contributed by atoms with Gasteiger partial charge in [-0.05, 0) is 41.5 Å². The van der Waals surface area contributed by atoms with Crippen molar-refractivity contribution in [3.8, 4) is 5.88 Å². The van der Waals surface area contributed by atoms with Crippen molar-refractivity contribution in [1.82, 2.24) is 24.5 Å². The molecular formula is C23H23ClN6O. The van der Waals surface area contributed by atoms with Crippen molar-refractivity contribution in [3.05, 3.63) is 83.4 Å². The highest BCUT2D eigenvalue weighted by molar-refractivity contribution is 6.30. The molecule has 0 saturated carbocycles. The lowest BCUT2D eigenvalue weighted by molar-refractivity contribution is 0.248. The van der Waals surface area contributed by atoms with Gasteiger partial charge in [0, 0.05) is 50.1 Å². The maximum atomic E-state index is 6.04. The molecule has 0 amide bonds. The van der Waals surface area contributed by atoms with Crippen LogP contribution in [0.25, 0.3) is 5.52 Å². The van der Waals surface area contributed by atoms with Gasteiger partial charge < -0.3 is 9.64 Å². The number of pyridine rings is 1. The van der Waals surface area contributed by atoms with Crippen molar-refractivity contribution in [3.63, 3.8) is 0 Å². The third-order valence-electron chi connectivity index (χ3n) is 5.44. The fourth-order valence-corrected chi connectivity index (χ4v) is 4.02. The van der Waals surface area contributed by atoms with E-state index >= 15 is 0 Å². The summed E-state index contributed by atoms with van der Waals surface area (Å²) in [5.41, 5.74) is 3.43. The molecule has 0 radical (unpaired) electrons. The van der Waals surface area contributed by atoms with Gasteiger partial charge in [-0.2, -0.15) is 10.1 Å². The summed E-state index contributed by atoms with van der Waals surface area (Å²) >= 11 is 6.04. The second kappa shape index (κ2) is 8.91. The van der Waals surface area contributed by atoms with Crippen LogP contribution in [0.4, 0.5) is 5.82 Å². The first kappa shape index (κ1) is 19.8. The normalized spacial score (nSPS) is 14.8. The van der Waals surface area contributed by atoms with Gasteiger partial charge in [0.05, 0.1) is 17.9 Å². The third-order valence-corrected chi connectivity index (χ3v) is 5.68. The Balaban J connectivity index is 1.17. The van der Waals surface area contributed by atoms with E-state index in [1.54, 1.807) is 12.4 Å². The lowest BCUT2D eigenvalue weighted by Gasteiger charge is -2.35. The molecule has 158 valence electrons. The fraction of sp³-hybridized carbons (Fsp3) is 0.261. The highest BCUT2D eigenvalue weighted by Crippen LogP contribution is 2.19. The van der Waals surface area contributed by atoms with Gasteiger partial charge in [-0.15, -0.1) is 0 Å². The number of hydrogen-bond donors (Lipinski definition) is 0. The predicted octanol–water partition coefficient (Wildman–Crippen LogP) is 3.68. The first-order chi connectivity index (χ1) is 15.2. The zero-order chi connectivity index (χ0) is 21.0. The Hall–Kier alpha value is -3.16. The Bertz CT molecular complexity index is 1170. The summed E-state index contributed by atoms with van der Waals surface area (Å²) in [5, 5.41) is 4.96. The molecule has 3 aromatic heterocycles. The number of fused-ring (bicyclic) bond motifs is 1. The minimum atomic E-state index is 0.411. The van der Waals surface area contributed by atoms with E-state index in [0.717, 1.165) is 49.6 Å². The second-order valence-corrected chi connectivity index (χ2v) is 8.07. The second-order valence-electron chi connectivity index (χ2n) is 7.63. The molecule has 0 bridgehead atoms. The predicted molar refractivity (Wildman–Crippen MR) is 120 cm³/mol. The maximum Gasteiger partial charge on any atom is 0.234 e. The Morgan fingerprint density at radius 2 is 1.87 bits per heavy atom. The van der Waals surface area contributed by atoms with Crippen molar-refractivity contribution in [2.24, 2.45) is 0 Å². The number of piperazine rings is 1. The minimum Gasteiger partial charge on any atom is -0.472 e. The van der Waals surface area contributed by atoms with Gasteiger partial charge in [0.15, 0.2) is 5.82 Å². The summed E-state index contributed by atoms with van der Waals surface area (Å²) in [4.78, 5) is 13.7. The molecule has 1 aliphatic rings. The molecule has 5 rings (SSSR count). The van der Waals surface area contributed by atoms with Crippen LogP contribution < -0.4 is 9.64 Å². The molecule has 31 heavy (non-hydrogen) atoms. The Labute approximate surface area is 185 Å². The molecule has 0 N–H and O–H groups in total. The highest BCUT2D eigenvalue weighted by Gasteiger charge is 2.19. The van der Waals surface area contributed by atoms with Crippen LogP contribution in [0.2, 0.25) is 5.02 Å². The van der Waals surface area contributed by atoms with Crippen LogP contribution in [0.1, 0.15) is 11.1 Å². The average molecular weight is 435 g/mol. The monoisotopic (exact) mass is 434 g/mol. The smallest absolute Gasteiger partial charge is 0.234 e. The molecule has 0 atom stereocenters. The minimum absolute atomic E-state index is 0.411. The lowest BCUT2D eigenvalue weighted by Crippen LogP contribution is -2.46. The Morgan fingerprint density at radius 1 is 0.968 bits per heavy atom. The van der Waals surface area contributed by atoms with E-state index < -0.39 is 0 Å². The van der Waals surface area contributed by atoms with E-state index in [4.69, 9.17) is 16.3 Å². The van der Waals surface area contributed by atoms with Crippen molar-refractivity contribution < 1.29 is 4.74 Å². The zero-order valence-electron chi connectivity index (χ0n) is 17.1. The largest absolute Gasteiger partial charge is 0.472 e. The van der Waals surface area contributed by atoms with Crippen LogP contribution in [0.3, 0.4) is 0 Å². The SMILES string of the molecule is Clc1cccc(COc2cncc(N3CCN(Cc4ccn5nccc5c4)CC3)n2)c1. The summed E-state index contributed by atoms with van der Waals surface area (Å²) < 4.78 is 7.72. The van der Waals surface area contributed by atoms with Gasteiger partial charge >= 0.3 is 0 Å². The molecular weight excluding hydrogens is 412 g/mol.